The summed E-state index contributed by atoms with van der Waals surface area (Å²) < 4.78 is 11.8. The summed E-state index contributed by atoms with van der Waals surface area (Å²) in [6.45, 7) is 8.17. The molecule has 0 radical (unpaired) electrons. The Bertz CT molecular complexity index is 894. The van der Waals surface area contributed by atoms with Gasteiger partial charge in [-0.25, -0.2) is 0 Å². The van der Waals surface area contributed by atoms with Gasteiger partial charge < -0.3 is 14.1 Å². The predicted molar refractivity (Wildman–Crippen MR) is 94.7 cm³/mol. The van der Waals surface area contributed by atoms with Crippen molar-refractivity contribution in [2.75, 3.05) is 24.6 Å². The van der Waals surface area contributed by atoms with Gasteiger partial charge in [0.2, 0.25) is 0 Å². The van der Waals surface area contributed by atoms with E-state index in [9.17, 15) is 4.79 Å². The van der Waals surface area contributed by atoms with Gasteiger partial charge in [-0.1, -0.05) is 24.3 Å². The minimum absolute atomic E-state index is 0.0209. The molecule has 0 N–H and O–H groups in total. The van der Waals surface area contributed by atoms with Gasteiger partial charge >= 0.3 is 0 Å². The molecule has 0 saturated carbocycles. The van der Waals surface area contributed by atoms with Crippen LogP contribution in [0, 0.1) is 0 Å². The number of benzene rings is 2. The average molecular weight is 311 g/mol. The van der Waals surface area contributed by atoms with Crippen molar-refractivity contribution in [3.05, 3.63) is 46.6 Å². The molecule has 0 fully saturated rings. The summed E-state index contributed by atoms with van der Waals surface area (Å²) >= 11 is 0. The standard InChI is InChI=1S/C19H21NO3/c1-4-20(5-2)18-11-15(21)19-14-10-8-7-9-13(14)16(22-6-3)12-17(19)23-18/h7-12H,4-6H2,1-3H3. The summed E-state index contributed by atoms with van der Waals surface area (Å²) in [5.41, 5.74) is 0.550. The van der Waals surface area contributed by atoms with Crippen molar-refractivity contribution >= 4 is 27.6 Å². The normalized spacial score (nSPS) is 11.1. The largest absolute Gasteiger partial charge is 0.493 e. The molecular formula is C19H21NO3. The van der Waals surface area contributed by atoms with Crippen LogP contribution >= 0.6 is 0 Å². The van der Waals surface area contributed by atoms with Gasteiger partial charge in [-0.05, 0) is 20.8 Å². The van der Waals surface area contributed by atoms with Crippen molar-refractivity contribution in [1.82, 2.24) is 0 Å². The highest BCUT2D eigenvalue weighted by Gasteiger charge is 2.14. The van der Waals surface area contributed by atoms with Crippen LogP contribution in [0.25, 0.3) is 21.7 Å². The molecule has 0 aliphatic rings. The lowest BCUT2D eigenvalue weighted by Gasteiger charge is -2.19. The van der Waals surface area contributed by atoms with Gasteiger partial charge in [-0.3, -0.25) is 4.79 Å². The zero-order chi connectivity index (χ0) is 16.4. The van der Waals surface area contributed by atoms with E-state index in [1.807, 2.05) is 56.0 Å². The number of anilines is 1. The molecule has 0 atom stereocenters. The second-order valence-corrected chi connectivity index (χ2v) is 5.35. The maximum Gasteiger partial charge on any atom is 0.199 e. The zero-order valence-electron chi connectivity index (χ0n) is 13.8. The van der Waals surface area contributed by atoms with E-state index in [1.165, 1.54) is 0 Å². The van der Waals surface area contributed by atoms with Crippen LogP contribution < -0.4 is 15.1 Å². The Kier molecular flexibility index (Phi) is 4.24. The molecular weight excluding hydrogens is 290 g/mol. The first-order valence-corrected chi connectivity index (χ1v) is 8.06. The molecule has 1 aromatic heterocycles. The number of hydrogen-bond acceptors (Lipinski definition) is 4. The van der Waals surface area contributed by atoms with Crippen LogP contribution in [0.4, 0.5) is 5.88 Å². The third kappa shape index (κ3) is 2.65. The summed E-state index contributed by atoms with van der Waals surface area (Å²) in [6, 6.07) is 11.2. The Morgan fingerprint density at radius 1 is 1.04 bits per heavy atom. The molecule has 0 aliphatic carbocycles. The van der Waals surface area contributed by atoms with Crippen LogP contribution in [0.3, 0.4) is 0 Å². The highest BCUT2D eigenvalue weighted by molar-refractivity contribution is 6.08. The molecule has 120 valence electrons. The van der Waals surface area contributed by atoms with E-state index >= 15 is 0 Å². The lowest BCUT2D eigenvalue weighted by atomic mass is 10.0. The van der Waals surface area contributed by atoms with Crippen molar-refractivity contribution in [3.8, 4) is 5.75 Å². The molecule has 0 bridgehead atoms. The predicted octanol–water partition coefficient (Wildman–Crippen LogP) is 4.19. The Balaban J connectivity index is 2.36. The van der Waals surface area contributed by atoms with Crippen LogP contribution in [-0.2, 0) is 0 Å². The lowest BCUT2D eigenvalue weighted by molar-refractivity contribution is 0.344. The van der Waals surface area contributed by atoms with Crippen LogP contribution in [0.15, 0.2) is 45.6 Å². The molecule has 1 heterocycles. The Hall–Kier alpha value is -2.49. The number of hydrogen-bond donors (Lipinski definition) is 0. The van der Waals surface area contributed by atoms with Crippen LogP contribution in [0.1, 0.15) is 20.8 Å². The molecule has 0 saturated heterocycles. The summed E-state index contributed by atoms with van der Waals surface area (Å²) in [6.07, 6.45) is 0. The van der Waals surface area contributed by atoms with Gasteiger partial charge in [0.15, 0.2) is 11.3 Å². The second kappa shape index (κ2) is 6.32. The van der Waals surface area contributed by atoms with Gasteiger partial charge in [0.25, 0.3) is 0 Å². The quantitative estimate of drug-likeness (QED) is 0.663. The van der Waals surface area contributed by atoms with Gasteiger partial charge in [0.1, 0.15) is 11.3 Å². The maximum absolute atomic E-state index is 12.7. The van der Waals surface area contributed by atoms with Crippen molar-refractivity contribution in [2.45, 2.75) is 20.8 Å². The number of fused-ring (bicyclic) bond motifs is 3. The topological polar surface area (TPSA) is 42.7 Å². The van der Waals surface area contributed by atoms with E-state index in [-0.39, 0.29) is 5.43 Å². The average Bonchev–Trinajstić information content (AvgIpc) is 2.56. The minimum atomic E-state index is -0.0209. The number of nitrogens with zero attached hydrogens (tertiary/aromatic N) is 1. The van der Waals surface area contributed by atoms with E-state index in [4.69, 9.17) is 9.15 Å². The highest BCUT2D eigenvalue weighted by atomic mass is 16.5. The SMILES string of the molecule is CCOc1cc2oc(N(CC)CC)cc(=O)c2c2ccccc12. The minimum Gasteiger partial charge on any atom is -0.493 e. The molecule has 3 rings (SSSR count). The molecule has 0 spiro atoms. The molecule has 4 heteroatoms. The van der Waals surface area contributed by atoms with E-state index in [2.05, 4.69) is 0 Å². The summed E-state index contributed by atoms with van der Waals surface area (Å²) in [7, 11) is 0. The van der Waals surface area contributed by atoms with E-state index < -0.39 is 0 Å². The summed E-state index contributed by atoms with van der Waals surface area (Å²) in [5, 5.41) is 2.41. The lowest BCUT2D eigenvalue weighted by Crippen LogP contribution is -2.23. The monoisotopic (exact) mass is 311 g/mol. The fourth-order valence-corrected chi connectivity index (χ4v) is 2.94. The molecule has 0 amide bonds. The van der Waals surface area contributed by atoms with Gasteiger partial charge in [0, 0.05) is 36.0 Å². The first-order chi connectivity index (χ1) is 11.2. The molecule has 0 aliphatic heterocycles. The Morgan fingerprint density at radius 3 is 2.39 bits per heavy atom. The third-order valence-electron chi connectivity index (χ3n) is 4.06. The van der Waals surface area contributed by atoms with Crippen molar-refractivity contribution in [2.24, 2.45) is 0 Å². The fourth-order valence-electron chi connectivity index (χ4n) is 2.94. The fraction of sp³-hybridized carbons (Fsp3) is 0.316. The Labute approximate surface area is 135 Å². The number of rotatable bonds is 5. The molecule has 3 aromatic rings. The highest BCUT2D eigenvalue weighted by Crippen LogP contribution is 2.33. The molecule has 0 unspecified atom stereocenters. The van der Waals surface area contributed by atoms with Gasteiger partial charge in [-0.2, -0.15) is 0 Å². The molecule has 4 nitrogen and oxygen atoms in total. The number of ether oxygens (including phenoxy) is 1. The molecule has 2 aromatic carbocycles. The van der Waals surface area contributed by atoms with Crippen molar-refractivity contribution < 1.29 is 9.15 Å². The van der Waals surface area contributed by atoms with Crippen LogP contribution in [-0.4, -0.2) is 19.7 Å². The van der Waals surface area contributed by atoms with Crippen molar-refractivity contribution in [3.63, 3.8) is 0 Å². The second-order valence-electron chi connectivity index (χ2n) is 5.35. The Morgan fingerprint density at radius 2 is 1.74 bits per heavy atom. The van der Waals surface area contributed by atoms with E-state index in [0.717, 1.165) is 29.6 Å². The van der Waals surface area contributed by atoms with E-state index in [1.54, 1.807) is 6.07 Å². The molecule has 23 heavy (non-hydrogen) atoms. The zero-order valence-corrected chi connectivity index (χ0v) is 13.8. The maximum atomic E-state index is 12.7. The summed E-state index contributed by atoms with van der Waals surface area (Å²) in [5.74, 6) is 1.35. The first kappa shape index (κ1) is 15.4. The van der Waals surface area contributed by atoms with Crippen LogP contribution in [0.5, 0.6) is 5.75 Å². The van der Waals surface area contributed by atoms with Gasteiger partial charge in [0.05, 0.1) is 12.0 Å². The third-order valence-corrected chi connectivity index (χ3v) is 4.06. The van der Waals surface area contributed by atoms with Crippen LogP contribution in [0.2, 0.25) is 0 Å². The first-order valence-electron chi connectivity index (χ1n) is 8.06. The smallest absolute Gasteiger partial charge is 0.199 e. The van der Waals surface area contributed by atoms with Gasteiger partial charge in [-0.15, -0.1) is 0 Å². The summed E-state index contributed by atoms with van der Waals surface area (Å²) in [4.78, 5) is 14.7. The van der Waals surface area contributed by atoms with E-state index in [0.29, 0.717) is 23.5 Å². The van der Waals surface area contributed by atoms with Crippen molar-refractivity contribution in [1.29, 1.82) is 0 Å².